The number of hydrogen-bond acceptors (Lipinski definition) is 5. The van der Waals surface area contributed by atoms with Crippen molar-refractivity contribution in [2.24, 2.45) is 0 Å². The van der Waals surface area contributed by atoms with E-state index in [9.17, 15) is 5.26 Å². The third-order valence-corrected chi connectivity index (χ3v) is 5.66. The van der Waals surface area contributed by atoms with Crippen molar-refractivity contribution in [1.29, 1.82) is 5.26 Å². The van der Waals surface area contributed by atoms with Crippen LogP contribution in [0.4, 0.5) is 16.4 Å². The van der Waals surface area contributed by atoms with Crippen molar-refractivity contribution in [3.63, 3.8) is 0 Å². The molecule has 3 rings (SSSR count). The second-order valence-corrected chi connectivity index (χ2v) is 7.74. The van der Waals surface area contributed by atoms with E-state index < -0.39 is 0 Å². The van der Waals surface area contributed by atoms with Gasteiger partial charge in [0.05, 0.1) is 5.69 Å². The van der Waals surface area contributed by atoms with Crippen molar-refractivity contribution in [3.05, 3.63) is 65.0 Å². The summed E-state index contributed by atoms with van der Waals surface area (Å²) in [4.78, 5) is 1.10. The maximum absolute atomic E-state index is 9.53. The summed E-state index contributed by atoms with van der Waals surface area (Å²) in [6.07, 6.45) is 5.67. The third-order valence-electron chi connectivity index (χ3n) is 4.48. The highest BCUT2D eigenvalue weighted by Crippen LogP contribution is 2.38. The van der Waals surface area contributed by atoms with Crippen molar-refractivity contribution in [1.82, 2.24) is 0 Å². The lowest BCUT2D eigenvalue weighted by molar-refractivity contribution is 0.483. The van der Waals surface area contributed by atoms with Gasteiger partial charge in [-0.05, 0) is 49.2 Å². The average Bonchev–Trinajstić information content (AvgIpc) is 3.02. The summed E-state index contributed by atoms with van der Waals surface area (Å²) in [7, 11) is 0. The predicted molar refractivity (Wildman–Crippen MR) is 118 cm³/mol. The molecule has 0 fully saturated rings. The number of nitriles is 1. The third kappa shape index (κ3) is 5.05. The van der Waals surface area contributed by atoms with Crippen LogP contribution in [0.5, 0.6) is 11.5 Å². The van der Waals surface area contributed by atoms with E-state index in [1.165, 1.54) is 19.3 Å². The second kappa shape index (κ2) is 9.82. The molecule has 0 radical (unpaired) electrons. The molecule has 28 heavy (non-hydrogen) atoms. The number of ether oxygens (including phenoxy) is 1. The van der Waals surface area contributed by atoms with Crippen LogP contribution < -0.4 is 15.8 Å². The van der Waals surface area contributed by atoms with Gasteiger partial charge in [-0.3, -0.25) is 0 Å². The number of nitrogens with one attached hydrogen (secondary N) is 1. The van der Waals surface area contributed by atoms with Crippen molar-refractivity contribution >= 4 is 27.7 Å². The molecule has 0 aliphatic heterocycles. The zero-order chi connectivity index (χ0) is 19.8. The van der Waals surface area contributed by atoms with Crippen LogP contribution in [0.1, 0.15) is 43.0 Å². The normalized spacial score (nSPS) is 10.4. The van der Waals surface area contributed by atoms with E-state index in [-0.39, 0.29) is 0 Å². The van der Waals surface area contributed by atoms with Crippen LogP contribution in [0.25, 0.3) is 0 Å². The van der Waals surface area contributed by atoms with Gasteiger partial charge in [0.2, 0.25) is 0 Å². The number of nitrogens with two attached hydrogens (primary N) is 1. The molecule has 0 saturated heterocycles. The standard InChI is InChI=1S/C23H25N3OS/c1-2-3-4-8-11-21-22(25)20(16-24)23(28-21)26-17-12-14-19(15-13-17)27-18-9-6-5-7-10-18/h5-7,9-10,12-15,26H,2-4,8,11,25H2,1H3. The van der Waals surface area contributed by atoms with E-state index in [1.54, 1.807) is 11.3 Å². The number of nitrogens with zero attached hydrogens (tertiary/aromatic N) is 1. The molecule has 1 heterocycles. The highest BCUT2D eigenvalue weighted by molar-refractivity contribution is 7.17. The van der Waals surface area contributed by atoms with E-state index in [1.807, 2.05) is 54.6 Å². The lowest BCUT2D eigenvalue weighted by Gasteiger charge is -2.08. The van der Waals surface area contributed by atoms with Gasteiger partial charge in [-0.1, -0.05) is 44.4 Å². The molecule has 0 saturated carbocycles. The van der Waals surface area contributed by atoms with E-state index in [4.69, 9.17) is 10.5 Å². The van der Waals surface area contributed by atoms with Crippen LogP contribution in [0, 0.1) is 11.3 Å². The Balaban J connectivity index is 1.68. The van der Waals surface area contributed by atoms with Crippen LogP contribution in [0.15, 0.2) is 54.6 Å². The van der Waals surface area contributed by atoms with Crippen LogP contribution in [0.2, 0.25) is 0 Å². The summed E-state index contributed by atoms with van der Waals surface area (Å²) in [5.41, 5.74) is 8.28. The smallest absolute Gasteiger partial charge is 0.127 e. The molecule has 0 spiro atoms. The van der Waals surface area contributed by atoms with Crippen LogP contribution in [-0.2, 0) is 6.42 Å². The number of thiophene rings is 1. The fourth-order valence-electron chi connectivity index (χ4n) is 2.95. The number of anilines is 3. The maximum atomic E-state index is 9.53. The van der Waals surface area contributed by atoms with Gasteiger partial charge in [0, 0.05) is 10.6 Å². The Labute approximate surface area is 170 Å². The van der Waals surface area contributed by atoms with Crippen molar-refractivity contribution in [2.75, 3.05) is 11.1 Å². The fraction of sp³-hybridized carbons (Fsp3) is 0.261. The molecule has 3 aromatic rings. The minimum absolute atomic E-state index is 0.542. The van der Waals surface area contributed by atoms with Crippen molar-refractivity contribution in [2.45, 2.75) is 39.0 Å². The fourth-order valence-corrected chi connectivity index (χ4v) is 4.08. The molecule has 0 aliphatic rings. The van der Waals surface area contributed by atoms with E-state index in [0.29, 0.717) is 11.3 Å². The van der Waals surface area contributed by atoms with Gasteiger partial charge >= 0.3 is 0 Å². The van der Waals surface area contributed by atoms with Gasteiger partial charge in [-0.25, -0.2) is 0 Å². The molecule has 2 aromatic carbocycles. The molecular weight excluding hydrogens is 366 g/mol. The highest BCUT2D eigenvalue weighted by atomic mass is 32.1. The van der Waals surface area contributed by atoms with Gasteiger partial charge in [0.25, 0.3) is 0 Å². The summed E-state index contributed by atoms with van der Waals surface area (Å²) >= 11 is 1.58. The van der Waals surface area contributed by atoms with Gasteiger partial charge in [0.15, 0.2) is 0 Å². The van der Waals surface area contributed by atoms with E-state index >= 15 is 0 Å². The van der Waals surface area contributed by atoms with Crippen molar-refractivity contribution in [3.8, 4) is 17.6 Å². The first-order valence-corrected chi connectivity index (χ1v) is 10.4. The quantitative estimate of drug-likeness (QED) is 0.391. The number of rotatable bonds is 9. The predicted octanol–water partition coefficient (Wildman–Crippen LogP) is 6.86. The zero-order valence-corrected chi connectivity index (χ0v) is 16.9. The first-order chi connectivity index (χ1) is 13.7. The Bertz CT molecular complexity index is 927. The van der Waals surface area contributed by atoms with Crippen molar-refractivity contribution < 1.29 is 4.74 Å². The number of aryl methyl sites for hydroxylation is 1. The van der Waals surface area contributed by atoms with E-state index in [2.05, 4.69) is 18.3 Å². The average molecular weight is 392 g/mol. The molecule has 3 N–H and O–H groups in total. The summed E-state index contributed by atoms with van der Waals surface area (Å²) in [5, 5.41) is 13.7. The summed E-state index contributed by atoms with van der Waals surface area (Å²) in [6.45, 7) is 2.20. The molecule has 4 nitrogen and oxygen atoms in total. The molecule has 0 atom stereocenters. The number of para-hydroxylation sites is 1. The van der Waals surface area contributed by atoms with Crippen LogP contribution in [0.3, 0.4) is 0 Å². The zero-order valence-electron chi connectivity index (χ0n) is 16.1. The Morgan fingerprint density at radius 3 is 2.39 bits per heavy atom. The minimum atomic E-state index is 0.542. The lowest BCUT2D eigenvalue weighted by atomic mass is 10.1. The van der Waals surface area contributed by atoms with Crippen LogP contribution >= 0.6 is 11.3 Å². The summed E-state index contributed by atoms with van der Waals surface area (Å²) in [5.74, 6) is 1.56. The first-order valence-electron chi connectivity index (χ1n) is 9.62. The van der Waals surface area contributed by atoms with Gasteiger partial charge in [-0.15, -0.1) is 11.3 Å². The molecule has 0 amide bonds. The number of unbranched alkanes of at least 4 members (excludes halogenated alkanes) is 3. The van der Waals surface area contributed by atoms with Gasteiger partial charge in [0.1, 0.15) is 28.1 Å². The lowest BCUT2D eigenvalue weighted by Crippen LogP contribution is -1.94. The SMILES string of the molecule is CCCCCCc1sc(Nc2ccc(Oc3ccccc3)cc2)c(C#N)c1N. The monoisotopic (exact) mass is 391 g/mol. The Kier molecular flexibility index (Phi) is 6.94. The number of hydrogen-bond donors (Lipinski definition) is 2. The molecule has 144 valence electrons. The maximum Gasteiger partial charge on any atom is 0.127 e. The molecule has 0 unspecified atom stereocenters. The van der Waals surface area contributed by atoms with Crippen LogP contribution in [-0.4, -0.2) is 0 Å². The number of benzene rings is 2. The van der Waals surface area contributed by atoms with Gasteiger partial charge in [-0.2, -0.15) is 5.26 Å². The highest BCUT2D eigenvalue weighted by Gasteiger charge is 2.15. The topological polar surface area (TPSA) is 71.1 Å². The minimum Gasteiger partial charge on any atom is -0.457 e. The Hall–Kier alpha value is -2.97. The van der Waals surface area contributed by atoms with Gasteiger partial charge < -0.3 is 15.8 Å². The largest absolute Gasteiger partial charge is 0.457 e. The molecule has 5 heteroatoms. The second-order valence-electron chi connectivity index (χ2n) is 6.63. The number of nitrogen functional groups attached to an aromatic ring is 1. The Morgan fingerprint density at radius 1 is 1.00 bits per heavy atom. The molecule has 0 aliphatic carbocycles. The molecular formula is C23H25N3OS. The summed E-state index contributed by atoms with van der Waals surface area (Å²) < 4.78 is 5.82. The van der Waals surface area contributed by atoms with E-state index in [0.717, 1.165) is 39.9 Å². The first kappa shape index (κ1) is 19.8. The molecule has 0 bridgehead atoms. The molecule has 1 aromatic heterocycles. The Morgan fingerprint density at radius 2 is 1.71 bits per heavy atom. The summed E-state index contributed by atoms with van der Waals surface area (Å²) in [6, 6.07) is 19.6.